The summed E-state index contributed by atoms with van der Waals surface area (Å²) in [6.07, 6.45) is 1.89. The molecule has 2 aromatic carbocycles. The van der Waals surface area contributed by atoms with E-state index in [-0.39, 0.29) is 5.91 Å². The van der Waals surface area contributed by atoms with Gasteiger partial charge in [-0.15, -0.1) is 0 Å². The highest BCUT2D eigenvalue weighted by molar-refractivity contribution is 8.18. The number of hydrogen-bond acceptors (Lipinski definition) is 3. The number of aliphatic imine (C=N–C) groups is 1. The number of amides is 1. The SMILES string of the molecule is Cc1ccc(C=C2SC(=Nc3ccc(C)cc3C)NC2=O)cc1. The number of hydrogen-bond donors (Lipinski definition) is 1. The van der Waals surface area contributed by atoms with Crippen molar-refractivity contribution >= 4 is 34.6 Å². The molecular weight excluding hydrogens is 304 g/mol. The molecule has 4 heteroatoms. The van der Waals surface area contributed by atoms with Gasteiger partial charge in [0.05, 0.1) is 10.6 Å². The average molecular weight is 322 g/mol. The molecule has 1 heterocycles. The van der Waals surface area contributed by atoms with Gasteiger partial charge in [-0.1, -0.05) is 47.5 Å². The van der Waals surface area contributed by atoms with Crippen molar-refractivity contribution in [2.75, 3.05) is 0 Å². The number of aryl methyl sites for hydroxylation is 3. The molecule has 3 nitrogen and oxygen atoms in total. The fourth-order valence-corrected chi connectivity index (χ4v) is 3.17. The molecule has 0 unspecified atom stereocenters. The Balaban J connectivity index is 1.84. The minimum atomic E-state index is -0.0981. The molecule has 2 aromatic rings. The third-order valence-electron chi connectivity index (χ3n) is 3.60. The van der Waals surface area contributed by atoms with Gasteiger partial charge >= 0.3 is 0 Å². The van der Waals surface area contributed by atoms with Gasteiger partial charge in [-0.3, -0.25) is 4.79 Å². The van der Waals surface area contributed by atoms with Gasteiger partial charge in [-0.2, -0.15) is 0 Å². The maximum absolute atomic E-state index is 12.1. The van der Waals surface area contributed by atoms with E-state index in [0.29, 0.717) is 10.1 Å². The lowest BCUT2D eigenvalue weighted by molar-refractivity contribution is -0.115. The predicted molar refractivity (Wildman–Crippen MR) is 97.9 cm³/mol. The number of benzene rings is 2. The summed E-state index contributed by atoms with van der Waals surface area (Å²) in [5.41, 5.74) is 5.40. The summed E-state index contributed by atoms with van der Waals surface area (Å²) in [5.74, 6) is -0.0981. The monoisotopic (exact) mass is 322 g/mol. The Labute approximate surface area is 140 Å². The van der Waals surface area contributed by atoms with E-state index in [2.05, 4.69) is 23.3 Å². The standard InChI is InChI=1S/C19H18N2OS/c1-12-4-7-15(8-5-12)11-17-18(22)21-19(23-17)20-16-9-6-13(2)10-14(16)3/h4-11H,1-3H3,(H,20,21,22). The van der Waals surface area contributed by atoms with Crippen LogP contribution in [-0.4, -0.2) is 11.1 Å². The van der Waals surface area contributed by atoms with Gasteiger partial charge in [0, 0.05) is 0 Å². The van der Waals surface area contributed by atoms with Crippen LogP contribution in [-0.2, 0) is 4.79 Å². The summed E-state index contributed by atoms with van der Waals surface area (Å²) < 4.78 is 0. The first-order chi connectivity index (χ1) is 11.0. The van der Waals surface area contributed by atoms with Gasteiger partial charge in [-0.05, 0) is 55.8 Å². The predicted octanol–water partition coefficient (Wildman–Crippen LogP) is 4.50. The molecule has 0 bridgehead atoms. The Bertz CT molecular complexity index is 820. The smallest absolute Gasteiger partial charge is 0.264 e. The average Bonchev–Trinajstić information content (AvgIpc) is 2.84. The molecular formula is C19H18N2OS. The largest absolute Gasteiger partial charge is 0.300 e. The molecule has 0 spiro atoms. The van der Waals surface area contributed by atoms with Crippen LogP contribution in [0.2, 0.25) is 0 Å². The number of thioether (sulfide) groups is 1. The first-order valence-corrected chi connectivity index (χ1v) is 8.26. The molecule has 3 rings (SSSR count). The van der Waals surface area contributed by atoms with Crippen molar-refractivity contribution in [3.63, 3.8) is 0 Å². The van der Waals surface area contributed by atoms with Crippen LogP contribution in [0, 0.1) is 20.8 Å². The quantitative estimate of drug-likeness (QED) is 0.827. The van der Waals surface area contributed by atoms with Crippen LogP contribution in [0.5, 0.6) is 0 Å². The molecule has 0 aromatic heterocycles. The van der Waals surface area contributed by atoms with Crippen LogP contribution in [0.3, 0.4) is 0 Å². The van der Waals surface area contributed by atoms with Crippen molar-refractivity contribution in [1.29, 1.82) is 0 Å². The van der Waals surface area contributed by atoms with Crippen LogP contribution in [0.4, 0.5) is 5.69 Å². The number of rotatable bonds is 2. The van der Waals surface area contributed by atoms with Crippen molar-refractivity contribution in [2.24, 2.45) is 4.99 Å². The lowest BCUT2D eigenvalue weighted by Gasteiger charge is -2.02. The topological polar surface area (TPSA) is 41.5 Å². The molecule has 1 N–H and O–H groups in total. The highest BCUT2D eigenvalue weighted by Crippen LogP contribution is 2.29. The maximum Gasteiger partial charge on any atom is 0.264 e. The van der Waals surface area contributed by atoms with Crippen LogP contribution >= 0.6 is 11.8 Å². The molecule has 1 amide bonds. The normalized spacial score (nSPS) is 17.8. The number of carbonyl (C=O) groups is 1. The lowest BCUT2D eigenvalue weighted by atomic mass is 10.1. The van der Waals surface area contributed by atoms with E-state index in [1.54, 1.807) is 0 Å². The minimum absolute atomic E-state index is 0.0981. The Morgan fingerprint density at radius 1 is 1.00 bits per heavy atom. The van der Waals surface area contributed by atoms with Gasteiger partial charge in [0.25, 0.3) is 5.91 Å². The molecule has 0 radical (unpaired) electrons. The van der Waals surface area contributed by atoms with E-state index >= 15 is 0 Å². The van der Waals surface area contributed by atoms with Crippen molar-refractivity contribution < 1.29 is 4.79 Å². The van der Waals surface area contributed by atoms with E-state index in [4.69, 9.17) is 0 Å². The first-order valence-electron chi connectivity index (χ1n) is 7.45. The van der Waals surface area contributed by atoms with Gasteiger partial charge in [0.1, 0.15) is 0 Å². The summed E-state index contributed by atoms with van der Waals surface area (Å²) in [5, 5.41) is 3.46. The zero-order valence-electron chi connectivity index (χ0n) is 13.4. The van der Waals surface area contributed by atoms with Gasteiger partial charge in [-0.25, -0.2) is 4.99 Å². The second kappa shape index (κ2) is 6.42. The molecule has 1 saturated heterocycles. The summed E-state index contributed by atoms with van der Waals surface area (Å²) >= 11 is 1.38. The Morgan fingerprint density at radius 3 is 2.39 bits per heavy atom. The van der Waals surface area contributed by atoms with E-state index < -0.39 is 0 Å². The number of amidine groups is 1. The number of nitrogens with zero attached hydrogens (tertiary/aromatic N) is 1. The van der Waals surface area contributed by atoms with Crippen molar-refractivity contribution in [2.45, 2.75) is 20.8 Å². The fourth-order valence-electron chi connectivity index (χ4n) is 2.33. The van der Waals surface area contributed by atoms with E-state index in [1.165, 1.54) is 22.9 Å². The van der Waals surface area contributed by atoms with Crippen molar-refractivity contribution in [3.8, 4) is 0 Å². The van der Waals surface area contributed by atoms with E-state index in [9.17, 15) is 4.79 Å². The molecule has 0 saturated carbocycles. The third-order valence-corrected chi connectivity index (χ3v) is 4.51. The molecule has 116 valence electrons. The molecule has 1 aliphatic rings. The Kier molecular flexibility index (Phi) is 4.35. The lowest BCUT2D eigenvalue weighted by Crippen LogP contribution is -2.19. The summed E-state index contributed by atoms with van der Waals surface area (Å²) in [6.45, 7) is 6.12. The second-order valence-corrected chi connectivity index (χ2v) is 6.71. The molecule has 23 heavy (non-hydrogen) atoms. The van der Waals surface area contributed by atoms with Gasteiger partial charge in [0.15, 0.2) is 5.17 Å². The summed E-state index contributed by atoms with van der Waals surface area (Å²) in [6, 6.07) is 14.2. The number of carbonyl (C=O) groups excluding carboxylic acids is 1. The van der Waals surface area contributed by atoms with Crippen molar-refractivity contribution in [1.82, 2.24) is 5.32 Å². The zero-order valence-corrected chi connectivity index (χ0v) is 14.2. The fraction of sp³-hybridized carbons (Fsp3) is 0.158. The third kappa shape index (κ3) is 3.71. The number of nitrogens with one attached hydrogen (secondary N) is 1. The molecule has 1 fully saturated rings. The summed E-state index contributed by atoms with van der Waals surface area (Å²) in [4.78, 5) is 17.3. The van der Waals surface area contributed by atoms with Crippen molar-refractivity contribution in [3.05, 3.63) is 69.6 Å². The van der Waals surface area contributed by atoms with E-state index in [0.717, 1.165) is 16.8 Å². The first kappa shape index (κ1) is 15.6. The highest BCUT2D eigenvalue weighted by atomic mass is 32.2. The highest BCUT2D eigenvalue weighted by Gasteiger charge is 2.23. The van der Waals surface area contributed by atoms with Crippen LogP contribution in [0.25, 0.3) is 6.08 Å². The molecule has 0 atom stereocenters. The Hall–Kier alpha value is -2.33. The van der Waals surface area contributed by atoms with E-state index in [1.807, 2.05) is 56.3 Å². The van der Waals surface area contributed by atoms with Crippen LogP contribution < -0.4 is 5.32 Å². The Morgan fingerprint density at radius 2 is 1.70 bits per heavy atom. The van der Waals surface area contributed by atoms with Gasteiger partial charge in [0.2, 0.25) is 0 Å². The second-order valence-electron chi connectivity index (χ2n) is 5.68. The van der Waals surface area contributed by atoms with Gasteiger partial charge < -0.3 is 5.32 Å². The van der Waals surface area contributed by atoms with Crippen LogP contribution in [0.15, 0.2) is 52.4 Å². The van der Waals surface area contributed by atoms with Crippen LogP contribution in [0.1, 0.15) is 22.3 Å². The zero-order chi connectivity index (χ0) is 16.4. The maximum atomic E-state index is 12.1. The minimum Gasteiger partial charge on any atom is -0.300 e. The summed E-state index contributed by atoms with van der Waals surface area (Å²) in [7, 11) is 0. The molecule has 0 aliphatic carbocycles. The molecule has 1 aliphatic heterocycles.